The number of carbonyl (C=O) groups is 1. The summed E-state index contributed by atoms with van der Waals surface area (Å²) in [5.41, 5.74) is 7.91. The molecule has 0 atom stereocenters. The maximum absolute atomic E-state index is 12.6. The van der Waals surface area contributed by atoms with E-state index in [2.05, 4.69) is 5.32 Å². The Labute approximate surface area is 149 Å². The lowest BCUT2D eigenvalue weighted by Crippen LogP contribution is -2.48. The van der Waals surface area contributed by atoms with Gasteiger partial charge in [0.15, 0.2) is 0 Å². The summed E-state index contributed by atoms with van der Waals surface area (Å²) < 4.78 is 0. The minimum atomic E-state index is -0.415. The Hall–Kier alpha value is -1.36. The largest absolute Gasteiger partial charge is 0.346 e. The molecule has 0 saturated heterocycles. The van der Waals surface area contributed by atoms with Gasteiger partial charge in [0.2, 0.25) is 0 Å². The van der Waals surface area contributed by atoms with E-state index in [0.29, 0.717) is 18.0 Å². The first-order chi connectivity index (χ1) is 10.00. The van der Waals surface area contributed by atoms with Crippen LogP contribution in [0.2, 0.25) is 0 Å². The van der Waals surface area contributed by atoms with E-state index in [9.17, 15) is 4.79 Å². The Kier molecular flexibility index (Phi) is 6.40. The molecule has 0 unspecified atom stereocenters. The van der Waals surface area contributed by atoms with E-state index in [-0.39, 0.29) is 30.7 Å². The molecule has 2 aromatic rings. The van der Waals surface area contributed by atoms with Crippen LogP contribution in [0, 0.1) is 0 Å². The van der Waals surface area contributed by atoms with Gasteiger partial charge >= 0.3 is 0 Å². The molecule has 1 amide bonds. The molecular weight excluding hydrogens is 333 g/mol. The zero-order valence-electron chi connectivity index (χ0n) is 13.3. The number of halogens is 2. The van der Waals surface area contributed by atoms with Crippen LogP contribution in [0.3, 0.4) is 0 Å². The van der Waals surface area contributed by atoms with E-state index in [0.717, 1.165) is 16.6 Å². The average Bonchev–Trinajstić information content (AvgIpc) is 3.30. The van der Waals surface area contributed by atoms with Gasteiger partial charge in [-0.2, -0.15) is 0 Å². The second-order valence-electron chi connectivity index (χ2n) is 6.43. The van der Waals surface area contributed by atoms with E-state index >= 15 is 0 Å². The summed E-state index contributed by atoms with van der Waals surface area (Å²) in [5.74, 6) is 0.439. The molecule has 6 heteroatoms. The summed E-state index contributed by atoms with van der Waals surface area (Å²) in [6.07, 6.45) is 2.33. The molecule has 1 aliphatic rings. The molecule has 1 heterocycles. The average molecular weight is 356 g/mol. The van der Waals surface area contributed by atoms with Crippen molar-refractivity contribution in [2.24, 2.45) is 5.73 Å². The molecule has 0 aliphatic heterocycles. The number of aromatic nitrogens is 1. The first kappa shape index (κ1) is 19.7. The van der Waals surface area contributed by atoms with Crippen LogP contribution in [0.5, 0.6) is 0 Å². The number of nitrogens with one attached hydrogen (secondary N) is 1. The summed E-state index contributed by atoms with van der Waals surface area (Å²) in [4.78, 5) is 17.3. The van der Waals surface area contributed by atoms with Crippen LogP contribution >= 0.6 is 24.8 Å². The van der Waals surface area contributed by atoms with E-state index in [4.69, 9.17) is 10.7 Å². The van der Waals surface area contributed by atoms with Crippen LogP contribution in [-0.2, 0) is 0 Å². The minimum Gasteiger partial charge on any atom is -0.346 e. The van der Waals surface area contributed by atoms with Crippen LogP contribution in [0.1, 0.15) is 48.7 Å². The summed E-state index contributed by atoms with van der Waals surface area (Å²) >= 11 is 0. The number of nitrogens with zero attached hydrogens (tertiary/aromatic N) is 1. The fourth-order valence-corrected chi connectivity index (χ4v) is 2.40. The van der Waals surface area contributed by atoms with Gasteiger partial charge in [-0.25, -0.2) is 0 Å². The molecule has 1 fully saturated rings. The van der Waals surface area contributed by atoms with Crippen molar-refractivity contribution in [3.8, 4) is 0 Å². The Morgan fingerprint density at radius 2 is 1.96 bits per heavy atom. The molecule has 3 rings (SSSR count). The van der Waals surface area contributed by atoms with Crippen LogP contribution < -0.4 is 11.1 Å². The maximum atomic E-state index is 12.6. The van der Waals surface area contributed by atoms with Crippen molar-refractivity contribution in [1.29, 1.82) is 0 Å². The molecule has 126 valence electrons. The van der Waals surface area contributed by atoms with Gasteiger partial charge in [0.25, 0.3) is 5.91 Å². The van der Waals surface area contributed by atoms with Gasteiger partial charge in [0.1, 0.15) is 0 Å². The summed E-state index contributed by atoms with van der Waals surface area (Å²) in [6.45, 7) is 4.25. The lowest BCUT2D eigenvalue weighted by atomic mass is 10.0. The minimum absolute atomic E-state index is 0. The van der Waals surface area contributed by atoms with E-state index < -0.39 is 5.54 Å². The topological polar surface area (TPSA) is 68.0 Å². The quantitative estimate of drug-likeness (QED) is 0.882. The number of hydrogen-bond donors (Lipinski definition) is 2. The van der Waals surface area contributed by atoms with Crippen molar-refractivity contribution < 1.29 is 4.79 Å². The highest BCUT2D eigenvalue weighted by Crippen LogP contribution is 2.40. The Morgan fingerprint density at radius 3 is 2.57 bits per heavy atom. The molecule has 0 bridgehead atoms. The third-order valence-corrected chi connectivity index (χ3v) is 3.94. The predicted molar refractivity (Wildman–Crippen MR) is 98.8 cm³/mol. The van der Waals surface area contributed by atoms with Gasteiger partial charge in [0.05, 0.1) is 11.1 Å². The fourth-order valence-electron chi connectivity index (χ4n) is 2.40. The van der Waals surface area contributed by atoms with Crippen molar-refractivity contribution in [2.75, 3.05) is 6.54 Å². The molecule has 0 spiro atoms. The highest BCUT2D eigenvalue weighted by Gasteiger charge is 2.28. The molecule has 1 aromatic carbocycles. The van der Waals surface area contributed by atoms with Crippen molar-refractivity contribution in [2.45, 2.75) is 38.1 Å². The molecule has 0 radical (unpaired) electrons. The highest BCUT2D eigenvalue weighted by atomic mass is 35.5. The summed E-state index contributed by atoms with van der Waals surface area (Å²) in [5, 5.41) is 3.90. The maximum Gasteiger partial charge on any atom is 0.252 e. The molecule has 3 N–H and O–H groups in total. The number of fused-ring (bicyclic) bond motifs is 1. The van der Waals surface area contributed by atoms with Gasteiger partial charge < -0.3 is 11.1 Å². The normalized spacial score (nSPS) is 13.9. The van der Waals surface area contributed by atoms with Gasteiger partial charge in [-0.05, 0) is 38.8 Å². The molecule has 1 aromatic heterocycles. The lowest BCUT2D eigenvalue weighted by Gasteiger charge is -2.24. The number of benzene rings is 1. The third kappa shape index (κ3) is 4.34. The van der Waals surface area contributed by atoms with E-state index in [1.807, 2.05) is 44.2 Å². The number of carbonyl (C=O) groups excluding carboxylic acids is 1. The first-order valence-corrected chi connectivity index (χ1v) is 7.42. The van der Waals surface area contributed by atoms with E-state index in [1.54, 1.807) is 0 Å². The van der Waals surface area contributed by atoms with Crippen LogP contribution in [-0.4, -0.2) is 23.0 Å². The first-order valence-electron chi connectivity index (χ1n) is 7.42. The molecule has 23 heavy (non-hydrogen) atoms. The Bertz CT molecular complexity index is 699. The number of amides is 1. The van der Waals surface area contributed by atoms with Crippen molar-refractivity contribution >= 4 is 41.6 Å². The molecular formula is C17H23Cl2N3O. The Morgan fingerprint density at radius 1 is 1.30 bits per heavy atom. The fraction of sp³-hybridized carbons (Fsp3) is 0.412. The highest BCUT2D eigenvalue weighted by molar-refractivity contribution is 6.06. The molecule has 4 nitrogen and oxygen atoms in total. The molecule has 1 aliphatic carbocycles. The Balaban J connectivity index is 0.00000132. The van der Waals surface area contributed by atoms with Crippen LogP contribution in [0.15, 0.2) is 30.3 Å². The van der Waals surface area contributed by atoms with Crippen molar-refractivity contribution in [1.82, 2.24) is 10.3 Å². The number of hydrogen-bond acceptors (Lipinski definition) is 3. The van der Waals surface area contributed by atoms with Crippen molar-refractivity contribution in [3.63, 3.8) is 0 Å². The smallest absolute Gasteiger partial charge is 0.252 e. The number of rotatable bonds is 4. The van der Waals surface area contributed by atoms with Gasteiger partial charge in [-0.15, -0.1) is 24.8 Å². The number of para-hydroxylation sites is 1. The number of pyridine rings is 1. The number of nitrogens with two attached hydrogens (primary N) is 1. The van der Waals surface area contributed by atoms with Crippen LogP contribution in [0.25, 0.3) is 10.9 Å². The standard InChI is InChI=1S/C17H21N3O.2ClH/c1-17(2,10-18)20-16(21)13-9-15(11-7-8-11)19-14-6-4-3-5-12(13)14;;/h3-6,9,11H,7-8,10,18H2,1-2H3,(H,20,21);2*1H. The van der Waals surface area contributed by atoms with Gasteiger partial charge in [0, 0.05) is 29.1 Å². The van der Waals surface area contributed by atoms with Gasteiger partial charge in [-0.1, -0.05) is 18.2 Å². The summed E-state index contributed by atoms with van der Waals surface area (Å²) in [6, 6.07) is 9.75. The van der Waals surface area contributed by atoms with E-state index in [1.165, 1.54) is 12.8 Å². The zero-order valence-corrected chi connectivity index (χ0v) is 15.0. The lowest BCUT2D eigenvalue weighted by molar-refractivity contribution is 0.0917. The second-order valence-corrected chi connectivity index (χ2v) is 6.43. The molecule has 1 saturated carbocycles. The third-order valence-electron chi connectivity index (χ3n) is 3.94. The monoisotopic (exact) mass is 355 g/mol. The zero-order chi connectivity index (χ0) is 15.0. The SMILES string of the molecule is CC(C)(CN)NC(=O)c1cc(C2CC2)nc2ccccc12.Cl.Cl. The predicted octanol–water partition coefficient (Wildman–Crippen LogP) is 3.42. The van der Waals surface area contributed by atoms with Crippen LogP contribution in [0.4, 0.5) is 0 Å². The second kappa shape index (κ2) is 7.47. The van der Waals surface area contributed by atoms with Crippen molar-refractivity contribution in [3.05, 3.63) is 41.6 Å². The van der Waals surface area contributed by atoms with Gasteiger partial charge in [-0.3, -0.25) is 9.78 Å². The summed E-state index contributed by atoms with van der Waals surface area (Å²) in [7, 11) is 0.